The average Bonchev–Trinajstić information content (AvgIpc) is 2.82. The molecule has 0 aliphatic carbocycles. The van der Waals surface area contributed by atoms with Crippen molar-refractivity contribution in [1.82, 2.24) is 15.2 Å². The number of anilines is 1. The molecule has 0 atom stereocenters. The zero-order valence-electron chi connectivity index (χ0n) is 10.0. The minimum atomic E-state index is -0.496. The summed E-state index contributed by atoms with van der Waals surface area (Å²) in [6.07, 6.45) is 0. The highest BCUT2D eigenvalue weighted by molar-refractivity contribution is 7.09. The number of hydrogen-bond donors (Lipinski definition) is 1. The Hall–Kier alpha value is -2.02. The zero-order chi connectivity index (χ0) is 13.0. The maximum absolute atomic E-state index is 11.2. The van der Waals surface area contributed by atoms with Crippen LogP contribution in [0.1, 0.15) is 21.2 Å². The topological polar surface area (TPSA) is 77.0 Å². The number of thiazole rings is 1. The normalized spacial score (nSPS) is 10.1. The van der Waals surface area contributed by atoms with Gasteiger partial charge in [-0.3, -0.25) is 0 Å². The van der Waals surface area contributed by atoms with Gasteiger partial charge in [-0.2, -0.15) is 0 Å². The Labute approximate surface area is 108 Å². The number of carbonyl (C=O) groups is 1. The predicted octanol–water partition coefficient (Wildman–Crippen LogP) is 1.64. The van der Waals surface area contributed by atoms with Gasteiger partial charge in [-0.05, 0) is 19.1 Å². The van der Waals surface area contributed by atoms with Crippen molar-refractivity contribution in [1.29, 1.82) is 0 Å². The second-order valence-corrected chi connectivity index (χ2v) is 4.57. The van der Waals surface area contributed by atoms with Gasteiger partial charge in [0.05, 0.1) is 24.4 Å². The third kappa shape index (κ3) is 3.01. The molecule has 0 unspecified atom stereocenters. The third-order valence-corrected chi connectivity index (χ3v) is 3.00. The molecule has 0 fully saturated rings. The van der Waals surface area contributed by atoms with Crippen LogP contribution in [0.15, 0.2) is 17.5 Å². The number of aromatic nitrogens is 3. The van der Waals surface area contributed by atoms with E-state index >= 15 is 0 Å². The fraction of sp³-hybridized carbons (Fsp3) is 0.273. The van der Waals surface area contributed by atoms with Crippen molar-refractivity contribution < 1.29 is 9.53 Å². The summed E-state index contributed by atoms with van der Waals surface area (Å²) in [5.74, 6) is 0.0949. The molecule has 1 N–H and O–H groups in total. The smallest absolute Gasteiger partial charge is 0.358 e. The van der Waals surface area contributed by atoms with E-state index in [1.807, 2.05) is 12.3 Å². The molecular weight excluding hydrogens is 252 g/mol. The van der Waals surface area contributed by atoms with Crippen LogP contribution in [0.5, 0.6) is 0 Å². The number of rotatable bonds is 4. The minimum Gasteiger partial charge on any atom is -0.464 e. The number of hydrogen-bond acceptors (Lipinski definition) is 7. The average molecular weight is 264 g/mol. The molecule has 18 heavy (non-hydrogen) atoms. The number of nitrogens with zero attached hydrogens (tertiary/aromatic N) is 3. The molecule has 2 aromatic rings. The van der Waals surface area contributed by atoms with Crippen LogP contribution in [0.4, 0.5) is 5.82 Å². The molecule has 7 heteroatoms. The number of methoxy groups -OCH3 is 1. The summed E-state index contributed by atoms with van der Waals surface area (Å²) in [6.45, 7) is 2.54. The summed E-state index contributed by atoms with van der Waals surface area (Å²) in [5, 5.41) is 13.7. The third-order valence-electron chi connectivity index (χ3n) is 2.18. The number of aryl methyl sites for hydroxylation is 1. The molecule has 0 bridgehead atoms. The number of esters is 1. The first-order chi connectivity index (χ1) is 8.69. The molecule has 0 aliphatic rings. The van der Waals surface area contributed by atoms with Crippen molar-refractivity contribution in [2.75, 3.05) is 12.4 Å². The minimum absolute atomic E-state index is 0.188. The standard InChI is InChI=1S/C11H12N4O2S/c1-7-13-8(6-18-7)5-12-10-4-3-9(14-15-10)11(16)17-2/h3-4,6H,5H2,1-2H3,(H,12,15). The summed E-state index contributed by atoms with van der Waals surface area (Å²) in [5.41, 5.74) is 1.14. The van der Waals surface area contributed by atoms with E-state index in [1.54, 1.807) is 23.5 Å². The lowest BCUT2D eigenvalue weighted by atomic mass is 10.4. The number of ether oxygens (including phenoxy) is 1. The van der Waals surface area contributed by atoms with Crippen LogP contribution in [-0.4, -0.2) is 28.3 Å². The Bertz CT molecular complexity index is 538. The first kappa shape index (κ1) is 12.4. The van der Waals surface area contributed by atoms with Crippen LogP contribution < -0.4 is 5.32 Å². The van der Waals surface area contributed by atoms with Crippen molar-refractivity contribution in [2.24, 2.45) is 0 Å². The van der Waals surface area contributed by atoms with Gasteiger partial charge >= 0.3 is 5.97 Å². The van der Waals surface area contributed by atoms with Gasteiger partial charge in [0, 0.05) is 5.38 Å². The Morgan fingerprint density at radius 2 is 2.28 bits per heavy atom. The summed E-state index contributed by atoms with van der Waals surface area (Å²) in [4.78, 5) is 15.5. The Kier molecular flexibility index (Phi) is 3.83. The van der Waals surface area contributed by atoms with Gasteiger partial charge < -0.3 is 10.1 Å². The van der Waals surface area contributed by atoms with Gasteiger partial charge in [-0.15, -0.1) is 21.5 Å². The molecule has 0 saturated heterocycles. The number of carbonyl (C=O) groups excluding carboxylic acids is 1. The van der Waals surface area contributed by atoms with E-state index in [0.29, 0.717) is 12.4 Å². The Balaban J connectivity index is 1.96. The lowest BCUT2D eigenvalue weighted by Crippen LogP contribution is -2.08. The quantitative estimate of drug-likeness (QED) is 0.846. The van der Waals surface area contributed by atoms with E-state index in [0.717, 1.165) is 10.7 Å². The molecule has 0 saturated carbocycles. The van der Waals surface area contributed by atoms with Crippen molar-refractivity contribution in [2.45, 2.75) is 13.5 Å². The van der Waals surface area contributed by atoms with Crippen LogP contribution in [0.25, 0.3) is 0 Å². The predicted molar refractivity (Wildman–Crippen MR) is 67.5 cm³/mol. The van der Waals surface area contributed by atoms with E-state index in [2.05, 4.69) is 25.2 Å². The molecule has 0 spiro atoms. The van der Waals surface area contributed by atoms with Crippen LogP contribution in [0.3, 0.4) is 0 Å². The molecule has 2 aromatic heterocycles. The van der Waals surface area contributed by atoms with Crippen molar-refractivity contribution in [3.05, 3.63) is 33.9 Å². The van der Waals surface area contributed by atoms with Gasteiger partial charge in [-0.25, -0.2) is 9.78 Å². The molecular formula is C11H12N4O2S. The molecule has 94 valence electrons. The molecule has 0 amide bonds. The molecule has 0 aliphatic heterocycles. The van der Waals surface area contributed by atoms with Crippen molar-refractivity contribution in [3.63, 3.8) is 0 Å². The van der Waals surface area contributed by atoms with E-state index in [1.165, 1.54) is 7.11 Å². The number of nitrogens with one attached hydrogen (secondary N) is 1. The van der Waals surface area contributed by atoms with Gasteiger partial charge in [0.25, 0.3) is 0 Å². The van der Waals surface area contributed by atoms with Gasteiger partial charge in [0.2, 0.25) is 0 Å². The lowest BCUT2D eigenvalue weighted by Gasteiger charge is -2.03. The molecule has 6 nitrogen and oxygen atoms in total. The first-order valence-corrected chi connectivity index (χ1v) is 6.14. The molecule has 0 radical (unpaired) electrons. The lowest BCUT2D eigenvalue weighted by molar-refractivity contribution is 0.0593. The molecule has 2 heterocycles. The van der Waals surface area contributed by atoms with Crippen LogP contribution in [0.2, 0.25) is 0 Å². The maximum atomic E-state index is 11.2. The van der Waals surface area contributed by atoms with Gasteiger partial charge in [0.15, 0.2) is 5.69 Å². The van der Waals surface area contributed by atoms with Crippen LogP contribution >= 0.6 is 11.3 Å². The zero-order valence-corrected chi connectivity index (χ0v) is 10.8. The van der Waals surface area contributed by atoms with E-state index in [9.17, 15) is 4.79 Å². The van der Waals surface area contributed by atoms with Gasteiger partial charge in [-0.1, -0.05) is 0 Å². The van der Waals surface area contributed by atoms with E-state index in [-0.39, 0.29) is 5.69 Å². The highest BCUT2D eigenvalue weighted by Gasteiger charge is 2.07. The highest BCUT2D eigenvalue weighted by atomic mass is 32.1. The molecule has 2 rings (SSSR count). The summed E-state index contributed by atoms with van der Waals surface area (Å²) < 4.78 is 4.54. The van der Waals surface area contributed by atoms with Gasteiger partial charge in [0.1, 0.15) is 5.82 Å². The Morgan fingerprint density at radius 3 is 2.83 bits per heavy atom. The van der Waals surface area contributed by atoms with E-state index < -0.39 is 5.97 Å². The van der Waals surface area contributed by atoms with Crippen LogP contribution in [0, 0.1) is 6.92 Å². The maximum Gasteiger partial charge on any atom is 0.358 e. The SMILES string of the molecule is COC(=O)c1ccc(NCc2csc(C)n2)nn1. The van der Waals surface area contributed by atoms with Crippen LogP contribution in [-0.2, 0) is 11.3 Å². The summed E-state index contributed by atoms with van der Waals surface area (Å²) in [7, 11) is 1.31. The summed E-state index contributed by atoms with van der Waals surface area (Å²) in [6, 6.07) is 3.24. The first-order valence-electron chi connectivity index (χ1n) is 5.26. The molecule has 0 aromatic carbocycles. The second-order valence-electron chi connectivity index (χ2n) is 3.51. The summed E-state index contributed by atoms with van der Waals surface area (Å²) >= 11 is 1.60. The highest BCUT2D eigenvalue weighted by Crippen LogP contribution is 2.10. The van der Waals surface area contributed by atoms with Crippen molar-refractivity contribution >= 4 is 23.1 Å². The van der Waals surface area contributed by atoms with Crippen molar-refractivity contribution in [3.8, 4) is 0 Å². The largest absolute Gasteiger partial charge is 0.464 e. The Morgan fingerprint density at radius 1 is 1.44 bits per heavy atom. The van der Waals surface area contributed by atoms with E-state index in [4.69, 9.17) is 0 Å². The second kappa shape index (κ2) is 5.54. The fourth-order valence-corrected chi connectivity index (χ4v) is 1.92. The monoisotopic (exact) mass is 264 g/mol. The fourth-order valence-electron chi connectivity index (χ4n) is 1.31.